The summed E-state index contributed by atoms with van der Waals surface area (Å²) >= 11 is 0. The molecule has 0 aliphatic heterocycles. The molecule has 1 N–H and O–H groups in total. The van der Waals surface area contributed by atoms with Gasteiger partial charge in [0.1, 0.15) is 6.61 Å². The van der Waals surface area contributed by atoms with Gasteiger partial charge in [-0.1, -0.05) is 18.2 Å². The SMILES string of the molecule is CNC(=O)/C=C\N(C=O)CCC(COC(=O)c1ccccc1C)OC. The van der Waals surface area contributed by atoms with Crippen molar-refractivity contribution in [2.45, 2.75) is 19.4 Å². The van der Waals surface area contributed by atoms with Crippen molar-refractivity contribution in [2.75, 3.05) is 27.3 Å². The van der Waals surface area contributed by atoms with Crippen LogP contribution in [0.2, 0.25) is 0 Å². The second kappa shape index (κ2) is 11.0. The average Bonchev–Trinajstić information content (AvgIpc) is 2.63. The van der Waals surface area contributed by atoms with Gasteiger partial charge in [-0.05, 0) is 25.0 Å². The summed E-state index contributed by atoms with van der Waals surface area (Å²) in [6.45, 7) is 2.25. The van der Waals surface area contributed by atoms with Gasteiger partial charge in [0, 0.05) is 33.0 Å². The molecule has 0 saturated heterocycles. The molecule has 0 heterocycles. The van der Waals surface area contributed by atoms with Crippen LogP contribution in [0.5, 0.6) is 0 Å². The lowest BCUT2D eigenvalue weighted by Gasteiger charge is -2.19. The number of aryl methyl sites for hydroxylation is 1. The summed E-state index contributed by atoms with van der Waals surface area (Å²) in [5.74, 6) is -0.714. The summed E-state index contributed by atoms with van der Waals surface area (Å²) in [7, 11) is 3.01. The molecule has 0 aliphatic carbocycles. The lowest BCUT2D eigenvalue weighted by atomic mass is 10.1. The summed E-state index contributed by atoms with van der Waals surface area (Å²) < 4.78 is 10.6. The highest BCUT2D eigenvalue weighted by atomic mass is 16.6. The first-order valence-corrected chi connectivity index (χ1v) is 7.88. The number of carbonyl (C=O) groups excluding carboxylic acids is 3. The largest absolute Gasteiger partial charge is 0.459 e. The average molecular weight is 348 g/mol. The molecule has 1 aromatic rings. The first-order valence-electron chi connectivity index (χ1n) is 7.88. The maximum absolute atomic E-state index is 12.1. The first-order chi connectivity index (χ1) is 12.0. The minimum Gasteiger partial charge on any atom is -0.459 e. The van der Waals surface area contributed by atoms with Crippen LogP contribution >= 0.6 is 0 Å². The van der Waals surface area contributed by atoms with Crippen LogP contribution in [0.25, 0.3) is 0 Å². The second-order valence-corrected chi connectivity index (χ2v) is 5.33. The van der Waals surface area contributed by atoms with Crippen LogP contribution in [0.1, 0.15) is 22.3 Å². The Bertz CT molecular complexity index is 615. The summed E-state index contributed by atoms with van der Waals surface area (Å²) in [5, 5.41) is 2.42. The number of nitrogens with zero attached hydrogens (tertiary/aromatic N) is 1. The minimum atomic E-state index is -0.410. The van der Waals surface area contributed by atoms with E-state index in [2.05, 4.69) is 5.32 Å². The highest BCUT2D eigenvalue weighted by Gasteiger charge is 2.15. The van der Waals surface area contributed by atoms with Crippen molar-refractivity contribution in [2.24, 2.45) is 0 Å². The number of rotatable bonds is 10. The molecule has 25 heavy (non-hydrogen) atoms. The third-order valence-electron chi connectivity index (χ3n) is 3.61. The number of amides is 2. The van der Waals surface area contributed by atoms with Crippen LogP contribution in [-0.2, 0) is 19.1 Å². The smallest absolute Gasteiger partial charge is 0.338 e. The molecule has 0 saturated carbocycles. The maximum atomic E-state index is 12.1. The van der Waals surface area contributed by atoms with Crippen molar-refractivity contribution in [1.82, 2.24) is 10.2 Å². The molecular weight excluding hydrogens is 324 g/mol. The summed E-state index contributed by atoms with van der Waals surface area (Å²) in [5.41, 5.74) is 1.35. The van der Waals surface area contributed by atoms with Crippen molar-refractivity contribution in [3.63, 3.8) is 0 Å². The van der Waals surface area contributed by atoms with Crippen molar-refractivity contribution in [3.8, 4) is 0 Å². The highest BCUT2D eigenvalue weighted by Crippen LogP contribution is 2.10. The molecule has 1 rings (SSSR count). The molecule has 1 unspecified atom stereocenters. The Hall–Kier alpha value is -2.67. The maximum Gasteiger partial charge on any atom is 0.338 e. The third kappa shape index (κ3) is 7.17. The van der Waals surface area contributed by atoms with E-state index in [4.69, 9.17) is 9.47 Å². The van der Waals surface area contributed by atoms with E-state index in [-0.39, 0.29) is 18.6 Å². The van der Waals surface area contributed by atoms with Crippen LogP contribution in [0.3, 0.4) is 0 Å². The van der Waals surface area contributed by atoms with Gasteiger partial charge in [0.15, 0.2) is 0 Å². The highest BCUT2D eigenvalue weighted by molar-refractivity contribution is 5.91. The Morgan fingerprint density at radius 1 is 1.32 bits per heavy atom. The topological polar surface area (TPSA) is 84.9 Å². The molecule has 136 valence electrons. The predicted octanol–water partition coefficient (Wildman–Crippen LogP) is 1.28. The molecule has 0 spiro atoms. The van der Waals surface area contributed by atoms with Gasteiger partial charge in [0.05, 0.1) is 11.7 Å². The molecule has 7 nitrogen and oxygen atoms in total. The van der Waals surface area contributed by atoms with Gasteiger partial charge in [-0.25, -0.2) is 4.79 Å². The number of benzene rings is 1. The molecule has 0 bridgehead atoms. The van der Waals surface area contributed by atoms with Crippen molar-refractivity contribution < 1.29 is 23.9 Å². The van der Waals surface area contributed by atoms with Crippen LogP contribution in [-0.4, -0.2) is 56.6 Å². The molecule has 0 aromatic heterocycles. The summed E-state index contributed by atoms with van der Waals surface area (Å²) in [4.78, 5) is 35.6. The molecule has 2 amide bonds. The summed E-state index contributed by atoms with van der Waals surface area (Å²) in [6.07, 6.45) is 3.36. The van der Waals surface area contributed by atoms with Gasteiger partial charge in [0.25, 0.3) is 0 Å². The van der Waals surface area contributed by atoms with E-state index in [9.17, 15) is 14.4 Å². The molecule has 0 aliphatic rings. The van der Waals surface area contributed by atoms with Gasteiger partial charge >= 0.3 is 5.97 Å². The van der Waals surface area contributed by atoms with E-state index < -0.39 is 5.97 Å². The summed E-state index contributed by atoms with van der Waals surface area (Å²) in [6, 6.07) is 7.17. The Balaban J connectivity index is 2.49. The number of hydrogen-bond donors (Lipinski definition) is 1. The monoisotopic (exact) mass is 348 g/mol. The number of hydrogen-bond acceptors (Lipinski definition) is 5. The Morgan fingerprint density at radius 3 is 2.64 bits per heavy atom. The van der Waals surface area contributed by atoms with E-state index in [1.54, 1.807) is 12.1 Å². The van der Waals surface area contributed by atoms with Crippen LogP contribution in [0.4, 0.5) is 0 Å². The van der Waals surface area contributed by atoms with E-state index in [0.29, 0.717) is 24.9 Å². The van der Waals surface area contributed by atoms with E-state index >= 15 is 0 Å². The van der Waals surface area contributed by atoms with Crippen molar-refractivity contribution >= 4 is 18.3 Å². The quantitative estimate of drug-likeness (QED) is 0.391. The van der Waals surface area contributed by atoms with Crippen LogP contribution < -0.4 is 5.32 Å². The Kier molecular flexibility index (Phi) is 8.95. The Labute approximate surface area is 147 Å². The van der Waals surface area contributed by atoms with Crippen LogP contribution in [0.15, 0.2) is 36.5 Å². The lowest BCUT2D eigenvalue weighted by Crippen LogP contribution is -2.27. The van der Waals surface area contributed by atoms with E-state index in [1.165, 1.54) is 31.3 Å². The second-order valence-electron chi connectivity index (χ2n) is 5.33. The van der Waals surface area contributed by atoms with Crippen LogP contribution in [0, 0.1) is 6.92 Å². The van der Waals surface area contributed by atoms with Gasteiger partial charge in [-0.2, -0.15) is 0 Å². The van der Waals surface area contributed by atoms with Gasteiger partial charge in [0.2, 0.25) is 12.3 Å². The van der Waals surface area contributed by atoms with E-state index in [0.717, 1.165) is 5.56 Å². The lowest BCUT2D eigenvalue weighted by molar-refractivity contribution is -0.116. The normalized spacial score (nSPS) is 11.8. The fraction of sp³-hybridized carbons (Fsp3) is 0.389. The predicted molar refractivity (Wildman–Crippen MR) is 92.9 cm³/mol. The van der Waals surface area contributed by atoms with Gasteiger partial charge in [-0.15, -0.1) is 0 Å². The van der Waals surface area contributed by atoms with Crippen molar-refractivity contribution in [3.05, 3.63) is 47.7 Å². The number of methoxy groups -OCH3 is 1. The number of ether oxygens (including phenoxy) is 2. The number of likely N-dealkylation sites (N-methyl/N-ethyl adjacent to an activating group) is 1. The molecule has 1 atom stereocenters. The third-order valence-corrected chi connectivity index (χ3v) is 3.61. The molecule has 0 fully saturated rings. The van der Waals surface area contributed by atoms with Gasteiger partial charge in [-0.3, -0.25) is 9.59 Å². The van der Waals surface area contributed by atoms with Gasteiger partial charge < -0.3 is 19.7 Å². The molecule has 7 heteroatoms. The fourth-order valence-corrected chi connectivity index (χ4v) is 2.02. The van der Waals surface area contributed by atoms with Crippen molar-refractivity contribution in [1.29, 1.82) is 0 Å². The number of carbonyl (C=O) groups is 3. The zero-order valence-electron chi connectivity index (χ0n) is 14.7. The zero-order valence-corrected chi connectivity index (χ0v) is 14.7. The Morgan fingerprint density at radius 2 is 2.04 bits per heavy atom. The molecular formula is C18H24N2O5. The fourth-order valence-electron chi connectivity index (χ4n) is 2.02. The standard InChI is InChI=1S/C18H24N2O5/c1-14-6-4-5-7-16(14)18(23)25-12-15(24-3)8-10-20(13-21)11-9-17(22)19-2/h4-7,9,11,13,15H,8,10,12H2,1-3H3,(H,19,22)/b11-9-. The molecule has 0 radical (unpaired) electrons. The first kappa shape index (κ1) is 20.4. The number of esters is 1. The zero-order chi connectivity index (χ0) is 18.7. The number of nitrogens with one attached hydrogen (secondary N) is 1. The minimum absolute atomic E-state index is 0.0789. The molecule has 1 aromatic carbocycles. The van der Waals surface area contributed by atoms with E-state index in [1.807, 2.05) is 19.1 Å².